The molecule has 1 fully saturated rings. The molecule has 1 rings (SSSR count). The van der Waals surface area contributed by atoms with Crippen LogP contribution in [0.2, 0.25) is 0 Å². The van der Waals surface area contributed by atoms with Crippen molar-refractivity contribution in [2.24, 2.45) is 17.3 Å². The van der Waals surface area contributed by atoms with Gasteiger partial charge in [-0.2, -0.15) is 0 Å². The zero-order valence-corrected chi connectivity index (χ0v) is 27.6. The maximum absolute atomic E-state index is 14.0. The summed E-state index contributed by atoms with van der Waals surface area (Å²) in [6.45, 7) is 18.0. The summed E-state index contributed by atoms with van der Waals surface area (Å²) >= 11 is 0. The molecule has 0 saturated carbocycles. The summed E-state index contributed by atoms with van der Waals surface area (Å²) in [5, 5.41) is 7.57. The lowest BCUT2D eigenvalue weighted by Gasteiger charge is -2.35. The van der Waals surface area contributed by atoms with E-state index in [4.69, 9.17) is 9.47 Å². The lowest BCUT2D eigenvalue weighted by atomic mass is 9.85. The van der Waals surface area contributed by atoms with E-state index in [1.54, 1.807) is 34.6 Å². The molecular formula is C30H52N4O9. The van der Waals surface area contributed by atoms with Crippen molar-refractivity contribution in [2.75, 3.05) is 26.8 Å². The molecule has 0 aromatic rings. The van der Waals surface area contributed by atoms with Gasteiger partial charge in [-0.05, 0) is 38.0 Å². The van der Waals surface area contributed by atoms with E-state index in [0.29, 0.717) is 6.42 Å². The number of likely N-dealkylation sites (tertiary alicyclic amines) is 1. The highest BCUT2D eigenvalue weighted by molar-refractivity contribution is 6.38. The molecule has 246 valence electrons. The predicted molar refractivity (Wildman–Crippen MR) is 159 cm³/mol. The standard InChI is InChI=1S/C30H52N4O9/c1-12-18(4)22(23(36)26(38)31-14-21(35)41-11)32-25(37)20-13-19(43-30(8,9)10)15-34(20)27(39)24(29(5,6)7)33-28(40)42-16-17(2)3/h17-20,22,24H,12-16H2,1-11H3,(H,31,38)(H,32,37)(H,33,40). The van der Waals surface area contributed by atoms with Gasteiger partial charge in [-0.3, -0.25) is 24.0 Å². The van der Waals surface area contributed by atoms with Crippen molar-refractivity contribution < 1.29 is 43.0 Å². The minimum absolute atomic E-state index is 0.0745. The topological polar surface area (TPSA) is 169 Å². The number of methoxy groups -OCH3 is 1. The molecular weight excluding hydrogens is 560 g/mol. The summed E-state index contributed by atoms with van der Waals surface area (Å²) in [6.07, 6.45) is -0.655. The Balaban J connectivity index is 3.33. The second-order valence-corrected chi connectivity index (χ2v) is 13.5. The molecule has 43 heavy (non-hydrogen) atoms. The van der Waals surface area contributed by atoms with Crippen LogP contribution in [0.25, 0.3) is 0 Å². The highest BCUT2D eigenvalue weighted by atomic mass is 16.5. The highest BCUT2D eigenvalue weighted by Crippen LogP contribution is 2.29. The van der Waals surface area contributed by atoms with Crippen molar-refractivity contribution in [3.05, 3.63) is 0 Å². The number of alkyl carbamates (subject to hydrolysis) is 1. The van der Waals surface area contributed by atoms with Gasteiger partial charge >= 0.3 is 12.1 Å². The number of ether oxygens (including phenoxy) is 3. The van der Waals surface area contributed by atoms with Crippen molar-refractivity contribution >= 4 is 35.6 Å². The molecule has 1 saturated heterocycles. The minimum atomic E-state index is -1.21. The zero-order valence-electron chi connectivity index (χ0n) is 27.6. The third-order valence-electron chi connectivity index (χ3n) is 6.93. The molecule has 0 bridgehead atoms. The van der Waals surface area contributed by atoms with E-state index in [1.165, 1.54) is 4.90 Å². The molecule has 13 nitrogen and oxygen atoms in total. The van der Waals surface area contributed by atoms with Crippen molar-refractivity contribution in [3.63, 3.8) is 0 Å². The van der Waals surface area contributed by atoms with Crippen LogP contribution in [0.4, 0.5) is 4.79 Å². The van der Waals surface area contributed by atoms with Crippen LogP contribution < -0.4 is 16.0 Å². The van der Waals surface area contributed by atoms with Crippen LogP contribution in [0, 0.1) is 17.3 Å². The molecule has 1 aliphatic rings. The quantitative estimate of drug-likeness (QED) is 0.208. The largest absolute Gasteiger partial charge is 0.468 e. The molecule has 0 aliphatic carbocycles. The van der Waals surface area contributed by atoms with E-state index in [0.717, 1.165) is 7.11 Å². The van der Waals surface area contributed by atoms with Crippen molar-refractivity contribution in [1.82, 2.24) is 20.9 Å². The van der Waals surface area contributed by atoms with Crippen molar-refractivity contribution in [3.8, 4) is 0 Å². The molecule has 1 heterocycles. The van der Waals surface area contributed by atoms with Gasteiger partial charge in [0.25, 0.3) is 5.91 Å². The summed E-state index contributed by atoms with van der Waals surface area (Å²) in [7, 11) is 1.15. The van der Waals surface area contributed by atoms with Crippen LogP contribution in [-0.4, -0.2) is 97.1 Å². The monoisotopic (exact) mass is 612 g/mol. The molecule has 0 aromatic carbocycles. The fourth-order valence-corrected chi connectivity index (χ4v) is 4.50. The Labute approximate surface area is 255 Å². The van der Waals surface area contributed by atoms with Gasteiger partial charge in [-0.1, -0.05) is 54.9 Å². The number of hydrogen-bond acceptors (Lipinski definition) is 9. The Bertz CT molecular complexity index is 1020. The van der Waals surface area contributed by atoms with Gasteiger partial charge in [0, 0.05) is 13.0 Å². The first kappa shape index (κ1) is 37.8. The van der Waals surface area contributed by atoms with Crippen LogP contribution in [0.1, 0.15) is 82.1 Å². The molecule has 0 spiro atoms. The van der Waals surface area contributed by atoms with E-state index in [2.05, 4.69) is 20.7 Å². The number of esters is 1. The second-order valence-electron chi connectivity index (χ2n) is 13.5. The van der Waals surface area contributed by atoms with E-state index < -0.39 is 83.3 Å². The number of carbonyl (C=O) groups excluding carboxylic acids is 6. The number of amides is 4. The number of ketones is 1. The number of nitrogens with one attached hydrogen (secondary N) is 3. The average Bonchev–Trinajstić information content (AvgIpc) is 3.32. The molecule has 0 radical (unpaired) electrons. The first-order chi connectivity index (χ1) is 19.7. The predicted octanol–water partition coefficient (Wildman–Crippen LogP) is 1.96. The summed E-state index contributed by atoms with van der Waals surface area (Å²) < 4.78 is 15.9. The van der Waals surface area contributed by atoms with Crippen LogP contribution in [0.3, 0.4) is 0 Å². The Kier molecular flexibility index (Phi) is 14.1. The van der Waals surface area contributed by atoms with Gasteiger partial charge in [0.05, 0.1) is 31.5 Å². The molecule has 0 aromatic heterocycles. The van der Waals surface area contributed by atoms with Crippen molar-refractivity contribution in [2.45, 2.75) is 112 Å². The maximum atomic E-state index is 14.0. The minimum Gasteiger partial charge on any atom is -0.468 e. The summed E-state index contributed by atoms with van der Waals surface area (Å²) in [5.74, 6) is -4.18. The van der Waals surface area contributed by atoms with E-state index in [9.17, 15) is 28.8 Å². The lowest BCUT2D eigenvalue weighted by Crippen LogP contribution is -2.59. The fourth-order valence-electron chi connectivity index (χ4n) is 4.50. The van der Waals surface area contributed by atoms with Gasteiger partial charge in [0.15, 0.2) is 0 Å². The Morgan fingerprint density at radius 2 is 1.56 bits per heavy atom. The third-order valence-corrected chi connectivity index (χ3v) is 6.93. The lowest BCUT2D eigenvalue weighted by molar-refractivity contribution is -0.145. The van der Waals surface area contributed by atoms with Gasteiger partial charge in [-0.25, -0.2) is 4.79 Å². The zero-order chi connectivity index (χ0) is 33.3. The van der Waals surface area contributed by atoms with E-state index in [-0.39, 0.29) is 25.5 Å². The molecule has 3 N–H and O–H groups in total. The normalized spacial score (nSPS) is 19.2. The van der Waals surface area contributed by atoms with Gasteiger partial charge in [-0.15, -0.1) is 0 Å². The summed E-state index contributed by atoms with van der Waals surface area (Å²) in [6, 6.07) is -3.29. The average molecular weight is 613 g/mol. The Morgan fingerprint density at radius 1 is 0.953 bits per heavy atom. The van der Waals surface area contributed by atoms with Crippen LogP contribution in [-0.2, 0) is 38.2 Å². The molecule has 4 amide bonds. The number of nitrogens with zero attached hydrogens (tertiary/aromatic N) is 1. The second kappa shape index (κ2) is 16.0. The maximum Gasteiger partial charge on any atom is 0.407 e. The molecule has 13 heteroatoms. The highest BCUT2D eigenvalue weighted by Gasteiger charge is 2.47. The SMILES string of the molecule is CCC(C)C(NC(=O)C1CC(OC(C)(C)C)CN1C(=O)C(NC(=O)OCC(C)C)C(C)(C)C)C(=O)C(=O)NCC(=O)OC. The van der Waals surface area contributed by atoms with E-state index in [1.807, 2.05) is 34.6 Å². The summed E-state index contributed by atoms with van der Waals surface area (Å²) in [5.41, 5.74) is -1.31. The molecule has 5 atom stereocenters. The van der Waals surface area contributed by atoms with Gasteiger partial charge in [0.1, 0.15) is 18.6 Å². The number of Topliss-reactive ketones (excluding diaryl/α,β-unsaturated/α-hetero) is 1. The van der Waals surface area contributed by atoms with Gasteiger partial charge < -0.3 is 35.1 Å². The van der Waals surface area contributed by atoms with Crippen molar-refractivity contribution in [1.29, 1.82) is 0 Å². The number of carbonyl (C=O) groups is 6. The first-order valence-electron chi connectivity index (χ1n) is 14.8. The van der Waals surface area contributed by atoms with Crippen LogP contribution in [0.15, 0.2) is 0 Å². The smallest absolute Gasteiger partial charge is 0.407 e. The third kappa shape index (κ3) is 12.1. The van der Waals surface area contributed by atoms with Crippen LogP contribution >= 0.6 is 0 Å². The van der Waals surface area contributed by atoms with E-state index >= 15 is 0 Å². The number of hydrogen-bond donors (Lipinski definition) is 3. The van der Waals surface area contributed by atoms with Gasteiger partial charge in [0.2, 0.25) is 17.6 Å². The summed E-state index contributed by atoms with van der Waals surface area (Å²) in [4.78, 5) is 78.8. The van der Waals surface area contributed by atoms with Crippen LogP contribution in [0.5, 0.6) is 0 Å². The Morgan fingerprint density at radius 3 is 2.05 bits per heavy atom. The number of rotatable bonds is 13. The molecule has 1 aliphatic heterocycles. The first-order valence-corrected chi connectivity index (χ1v) is 14.8. The molecule has 5 unspecified atom stereocenters. The Hall–Kier alpha value is -3.22. The fraction of sp³-hybridized carbons (Fsp3) is 0.800.